The number of anilines is 4. The van der Waals surface area contributed by atoms with Crippen molar-refractivity contribution in [2.45, 2.75) is 123 Å². The Kier molecular flexibility index (Phi) is 20.5. The zero-order valence-electron chi connectivity index (χ0n) is 42.9. The Morgan fingerprint density at radius 1 is 0.409 bits per heavy atom. The van der Waals surface area contributed by atoms with E-state index >= 15 is 0 Å². The molecule has 0 saturated heterocycles. The minimum atomic E-state index is 1.10. The number of benzene rings is 7. The van der Waals surface area contributed by atoms with Gasteiger partial charge in [0, 0.05) is 22.7 Å². The lowest BCUT2D eigenvalue weighted by atomic mass is 9.89. The first kappa shape index (κ1) is 52.2. The largest absolute Gasteiger partial charge is 0.356 e. The monoisotopic (exact) mass is 875 g/mol. The minimum Gasteiger partial charge on any atom is -0.356 e. The van der Waals surface area contributed by atoms with Gasteiger partial charge in [0.1, 0.15) is 0 Å². The van der Waals surface area contributed by atoms with E-state index in [-0.39, 0.29) is 0 Å². The van der Waals surface area contributed by atoms with Gasteiger partial charge in [0.2, 0.25) is 0 Å². The van der Waals surface area contributed by atoms with Gasteiger partial charge < -0.3 is 10.6 Å². The molecule has 0 bridgehead atoms. The molecule has 2 nitrogen and oxygen atoms in total. The second-order valence-electron chi connectivity index (χ2n) is 17.0. The van der Waals surface area contributed by atoms with Gasteiger partial charge in [-0.25, -0.2) is 0 Å². The van der Waals surface area contributed by atoms with Gasteiger partial charge in [-0.15, -0.1) is 0 Å². The highest BCUT2D eigenvalue weighted by Crippen LogP contribution is 2.37. The highest BCUT2D eigenvalue weighted by Gasteiger charge is 2.14. The molecular formula is C64H78N2. The summed E-state index contributed by atoms with van der Waals surface area (Å²) in [7, 11) is 0. The van der Waals surface area contributed by atoms with E-state index in [1.165, 1.54) is 107 Å². The van der Waals surface area contributed by atoms with Gasteiger partial charge in [0.25, 0.3) is 0 Å². The number of hydrogen-bond acceptors (Lipinski definition) is 2. The third-order valence-corrected chi connectivity index (χ3v) is 12.0. The molecular weight excluding hydrogens is 797 g/mol. The Labute approximate surface area is 401 Å². The Morgan fingerprint density at radius 3 is 0.939 bits per heavy atom. The van der Waals surface area contributed by atoms with Crippen LogP contribution >= 0.6 is 0 Å². The molecule has 0 spiro atoms. The van der Waals surface area contributed by atoms with Crippen molar-refractivity contribution in [1.82, 2.24) is 0 Å². The lowest BCUT2D eigenvalue weighted by Crippen LogP contribution is -1.97. The number of rotatable bonds is 13. The first-order chi connectivity index (χ1) is 31.9. The van der Waals surface area contributed by atoms with Crippen LogP contribution in [0, 0.1) is 41.5 Å². The van der Waals surface area contributed by atoms with Gasteiger partial charge in [0.15, 0.2) is 0 Å². The summed E-state index contributed by atoms with van der Waals surface area (Å²) in [6, 6.07) is 49.6. The quantitative estimate of drug-likeness (QED) is 0.113. The van der Waals surface area contributed by atoms with Crippen molar-refractivity contribution in [2.75, 3.05) is 10.6 Å². The van der Waals surface area contributed by atoms with Crippen molar-refractivity contribution < 1.29 is 0 Å². The van der Waals surface area contributed by atoms with Crippen molar-refractivity contribution in [3.63, 3.8) is 0 Å². The van der Waals surface area contributed by atoms with Crippen LogP contribution in [0.4, 0.5) is 22.7 Å². The van der Waals surface area contributed by atoms with E-state index in [2.05, 4.69) is 206 Å². The number of hydrogen-bond donors (Lipinski definition) is 2. The Balaban J connectivity index is 0.000000871. The summed E-state index contributed by atoms with van der Waals surface area (Å²) < 4.78 is 0. The van der Waals surface area contributed by atoms with Crippen LogP contribution < -0.4 is 10.6 Å². The van der Waals surface area contributed by atoms with E-state index < -0.39 is 0 Å². The molecule has 0 radical (unpaired) electrons. The maximum absolute atomic E-state index is 3.66. The standard InChI is InChI=1S/C54H56N2.C6H10.2C2H6/c1-9-11-41-13-17-43(18-14-41)49-25-21-45(29-35(49)3)55-47-23-27-51(37(5)31-47)53-33-40(8)54(34-39(53)7)52-28-24-48(32-38(52)6)56-46-22-26-50(36(4)30-46)44-19-15-42(12-10-2)16-20-44;1-4-6(3)5-2;2*1-2/h13-34,55-56H,9-12H2,1-8H3;4-5H,1H2,2-3H3;2*1-2H3/b;6-5-;;. The van der Waals surface area contributed by atoms with E-state index in [0.29, 0.717) is 0 Å². The fourth-order valence-corrected chi connectivity index (χ4v) is 8.34. The Hall–Kier alpha value is -6.38. The van der Waals surface area contributed by atoms with E-state index in [0.717, 1.165) is 35.6 Å². The Bertz CT molecular complexity index is 2500. The zero-order valence-corrected chi connectivity index (χ0v) is 42.9. The van der Waals surface area contributed by atoms with Gasteiger partial charge >= 0.3 is 0 Å². The van der Waals surface area contributed by atoms with Crippen molar-refractivity contribution >= 4 is 22.7 Å². The molecule has 0 aliphatic rings. The maximum atomic E-state index is 3.66. The van der Waals surface area contributed by atoms with E-state index in [4.69, 9.17) is 0 Å². The molecule has 0 atom stereocenters. The molecule has 0 aliphatic carbocycles. The van der Waals surface area contributed by atoms with Crippen molar-refractivity contribution in [2.24, 2.45) is 0 Å². The first-order valence-corrected chi connectivity index (χ1v) is 24.4. The first-order valence-electron chi connectivity index (χ1n) is 24.4. The number of allylic oxidation sites excluding steroid dienone is 3. The van der Waals surface area contributed by atoms with E-state index in [9.17, 15) is 0 Å². The van der Waals surface area contributed by atoms with Gasteiger partial charge in [-0.05, 0) is 206 Å². The molecule has 2 heteroatoms. The lowest BCUT2D eigenvalue weighted by molar-refractivity contribution is 0.922. The van der Waals surface area contributed by atoms with Crippen LogP contribution in [0.2, 0.25) is 0 Å². The summed E-state index contributed by atoms with van der Waals surface area (Å²) in [4.78, 5) is 0. The van der Waals surface area contributed by atoms with Crippen LogP contribution in [0.1, 0.15) is 113 Å². The molecule has 0 heterocycles. The molecule has 7 aromatic carbocycles. The third-order valence-electron chi connectivity index (χ3n) is 12.0. The molecule has 344 valence electrons. The van der Waals surface area contributed by atoms with Crippen LogP contribution in [0.3, 0.4) is 0 Å². The molecule has 2 N–H and O–H groups in total. The normalized spacial score (nSPS) is 10.7. The molecule has 0 unspecified atom stereocenters. The topological polar surface area (TPSA) is 24.1 Å². The van der Waals surface area contributed by atoms with Crippen molar-refractivity contribution in [3.05, 3.63) is 202 Å². The highest BCUT2D eigenvalue weighted by atomic mass is 14.9. The number of aryl methyl sites for hydroxylation is 8. The highest BCUT2D eigenvalue weighted by molar-refractivity contribution is 5.82. The summed E-state index contributed by atoms with van der Waals surface area (Å²) in [5.41, 5.74) is 26.2. The maximum Gasteiger partial charge on any atom is 0.0387 e. The van der Waals surface area contributed by atoms with Crippen molar-refractivity contribution in [3.8, 4) is 44.5 Å². The number of nitrogens with one attached hydrogen (secondary N) is 2. The van der Waals surface area contributed by atoms with Crippen LogP contribution in [0.5, 0.6) is 0 Å². The molecule has 66 heavy (non-hydrogen) atoms. The Morgan fingerprint density at radius 2 is 0.697 bits per heavy atom. The summed E-state index contributed by atoms with van der Waals surface area (Å²) >= 11 is 0. The smallest absolute Gasteiger partial charge is 0.0387 e. The summed E-state index contributed by atoms with van der Waals surface area (Å²) in [5.74, 6) is 0. The zero-order chi connectivity index (χ0) is 48.3. The molecule has 7 aromatic rings. The summed E-state index contributed by atoms with van der Waals surface area (Å²) in [5, 5.41) is 7.33. The van der Waals surface area contributed by atoms with Crippen LogP contribution in [0.15, 0.2) is 158 Å². The molecule has 7 rings (SSSR count). The van der Waals surface area contributed by atoms with Crippen molar-refractivity contribution in [1.29, 1.82) is 0 Å². The summed E-state index contributed by atoms with van der Waals surface area (Å²) in [6.45, 7) is 33.4. The molecule has 0 saturated carbocycles. The lowest BCUT2D eigenvalue weighted by Gasteiger charge is -2.18. The SMILES string of the molecule is C=C/C(C)=C\C.CC.CC.CCCc1ccc(-c2ccc(Nc3ccc(-c4cc(C)c(-c5ccc(Nc6ccc(-c7ccc(CCC)cc7)c(C)c6)cc5C)cc4C)c(C)c3)cc2C)cc1. The second-order valence-corrected chi connectivity index (χ2v) is 17.0. The molecule has 0 fully saturated rings. The summed E-state index contributed by atoms with van der Waals surface area (Å²) in [6.07, 6.45) is 8.46. The predicted octanol–water partition coefficient (Wildman–Crippen LogP) is 19.8. The third kappa shape index (κ3) is 13.8. The van der Waals surface area contributed by atoms with E-state index in [1.54, 1.807) is 0 Å². The van der Waals surface area contributed by atoms with Crippen LogP contribution in [0.25, 0.3) is 44.5 Å². The molecule has 0 aliphatic heterocycles. The second kappa shape index (κ2) is 25.9. The van der Waals surface area contributed by atoms with Gasteiger partial charge in [-0.3, -0.25) is 0 Å². The average Bonchev–Trinajstić information content (AvgIpc) is 3.32. The predicted molar refractivity (Wildman–Crippen MR) is 296 cm³/mol. The van der Waals surface area contributed by atoms with Gasteiger partial charge in [-0.2, -0.15) is 0 Å². The van der Waals surface area contributed by atoms with Gasteiger partial charge in [0.05, 0.1) is 0 Å². The fraction of sp³-hybridized carbons (Fsp3) is 0.281. The van der Waals surface area contributed by atoms with Gasteiger partial charge in [-0.1, -0.05) is 164 Å². The molecule has 0 amide bonds. The average molecular weight is 875 g/mol. The van der Waals surface area contributed by atoms with Crippen LogP contribution in [-0.4, -0.2) is 0 Å². The molecule has 0 aromatic heterocycles. The minimum absolute atomic E-state index is 1.10. The van der Waals surface area contributed by atoms with E-state index in [1.807, 2.05) is 53.7 Å². The van der Waals surface area contributed by atoms with Crippen LogP contribution in [-0.2, 0) is 12.8 Å². The fourth-order valence-electron chi connectivity index (χ4n) is 8.34.